The van der Waals surface area contributed by atoms with Crippen LogP contribution in [0.2, 0.25) is 57.0 Å². The second-order valence-corrected chi connectivity index (χ2v) is 24.0. The lowest BCUT2D eigenvalue weighted by Gasteiger charge is -2.40. The van der Waals surface area contributed by atoms with E-state index >= 15 is 0 Å². The minimum atomic E-state index is -2.61. The zero-order chi connectivity index (χ0) is 19.9. The van der Waals surface area contributed by atoms with Gasteiger partial charge in [-0.15, -0.1) is 0 Å². The van der Waals surface area contributed by atoms with Crippen molar-refractivity contribution < 1.29 is 22.2 Å². The lowest BCUT2D eigenvalue weighted by atomic mass is 10.4. The molecule has 0 spiro atoms. The Labute approximate surface area is 158 Å². The van der Waals surface area contributed by atoms with Crippen LogP contribution in [-0.2, 0) is 22.2 Å². The van der Waals surface area contributed by atoms with Crippen molar-refractivity contribution >= 4 is 39.8 Å². The average Bonchev–Trinajstić information content (AvgIpc) is 2.39. The van der Waals surface area contributed by atoms with Crippen LogP contribution in [-0.4, -0.2) is 46.5 Å². The summed E-state index contributed by atoms with van der Waals surface area (Å²) in [6, 6.07) is 1.38. The fourth-order valence-electron chi connectivity index (χ4n) is 2.45. The first-order valence-corrected chi connectivity index (χ1v) is 19.8. The van der Waals surface area contributed by atoms with Crippen LogP contribution in [0.1, 0.15) is 20.3 Å². The number of esters is 1. The van der Waals surface area contributed by atoms with Gasteiger partial charge in [0.2, 0.25) is 0 Å². The third kappa shape index (κ3) is 11.9. The van der Waals surface area contributed by atoms with E-state index in [0.29, 0.717) is 36.4 Å². The molecule has 0 unspecified atom stereocenters. The second-order valence-electron chi connectivity index (χ2n) is 8.43. The molecule has 0 fully saturated rings. The number of hydrogen-bond donors (Lipinski definition) is 0. The van der Waals surface area contributed by atoms with Gasteiger partial charge in [-0.3, -0.25) is 0 Å². The summed E-state index contributed by atoms with van der Waals surface area (Å²) in [6.45, 7) is 20.4. The van der Waals surface area contributed by atoms with Gasteiger partial charge in [-0.05, 0) is 64.7 Å². The summed E-state index contributed by atoms with van der Waals surface area (Å²) in [5, 5.41) is 0. The van der Waals surface area contributed by atoms with E-state index in [4.69, 9.17) is 13.0 Å². The maximum absolute atomic E-state index is 12.4. The number of rotatable bonds is 12. The highest BCUT2D eigenvalue weighted by Crippen LogP contribution is 2.29. The summed E-state index contributed by atoms with van der Waals surface area (Å²) in [5.74, 6) is -0.369. The van der Waals surface area contributed by atoms with Crippen molar-refractivity contribution in [2.75, 3.05) is 6.61 Å². The molecule has 5 nitrogen and oxygen atoms in total. The van der Waals surface area contributed by atoms with Crippen molar-refractivity contribution in [2.45, 2.75) is 77.3 Å². The molecule has 25 heavy (non-hydrogen) atoms. The van der Waals surface area contributed by atoms with E-state index in [1.165, 1.54) is 0 Å². The molecule has 0 aromatic heterocycles. The minimum Gasteiger partial charge on any atom is -0.462 e. The number of carbonyl (C=O) groups excluding carboxylic acids is 1. The van der Waals surface area contributed by atoms with E-state index in [9.17, 15) is 9.26 Å². The summed E-state index contributed by atoms with van der Waals surface area (Å²) in [7, 11) is -8.03. The summed E-state index contributed by atoms with van der Waals surface area (Å²) in [4.78, 5) is 11.5. The molecule has 0 amide bonds. The average molecular weight is 421 g/mol. The predicted molar refractivity (Wildman–Crippen MR) is 112 cm³/mol. The van der Waals surface area contributed by atoms with Crippen molar-refractivity contribution in [3.8, 4) is 0 Å². The van der Waals surface area contributed by atoms with Gasteiger partial charge in [0.15, 0.2) is 16.6 Å². The Bertz CT molecular complexity index is 464. The predicted octanol–water partition coefficient (Wildman–Crippen LogP) is 4.62. The van der Waals surface area contributed by atoms with E-state index in [1.54, 1.807) is 6.92 Å². The van der Waals surface area contributed by atoms with Crippen molar-refractivity contribution in [2.24, 2.45) is 0 Å². The van der Waals surface area contributed by atoms with E-state index in [2.05, 4.69) is 45.9 Å². The fourth-order valence-corrected chi connectivity index (χ4v) is 19.4. The largest absolute Gasteiger partial charge is 0.462 e. The highest BCUT2D eigenvalue weighted by molar-refractivity contribution is 6.91. The van der Waals surface area contributed by atoms with Crippen LogP contribution in [0.5, 0.6) is 0 Å². The highest BCUT2D eigenvalue weighted by atomic mass is 28.5. The van der Waals surface area contributed by atoms with Gasteiger partial charge >= 0.3 is 14.5 Å². The van der Waals surface area contributed by atoms with Crippen LogP contribution in [0.4, 0.5) is 0 Å². The lowest BCUT2D eigenvalue weighted by molar-refractivity contribution is -0.138. The Morgan fingerprint density at radius 3 is 1.88 bits per heavy atom. The van der Waals surface area contributed by atoms with Gasteiger partial charge < -0.3 is 17.4 Å². The first-order chi connectivity index (χ1) is 11.2. The molecule has 0 atom stereocenters. The van der Waals surface area contributed by atoms with Crippen molar-refractivity contribution in [3.05, 3.63) is 12.2 Å². The van der Waals surface area contributed by atoms with Crippen molar-refractivity contribution in [3.63, 3.8) is 0 Å². The lowest BCUT2D eigenvalue weighted by Crippen LogP contribution is -2.55. The first kappa shape index (κ1) is 24.8. The Morgan fingerprint density at radius 2 is 1.52 bits per heavy atom. The van der Waals surface area contributed by atoms with E-state index in [1.807, 2.05) is 6.92 Å². The van der Waals surface area contributed by atoms with E-state index in [-0.39, 0.29) is 5.97 Å². The smallest absolute Gasteiger partial charge is 0.333 e. The maximum Gasteiger partial charge on any atom is 0.333 e. The zero-order valence-electron chi connectivity index (χ0n) is 17.3. The zero-order valence-corrected chi connectivity index (χ0v) is 21.3. The molecule has 0 aliphatic carbocycles. The van der Waals surface area contributed by atoms with Crippen molar-refractivity contribution in [1.29, 1.82) is 0 Å². The molecule has 0 heterocycles. The normalized spacial score (nSPS) is 12.8. The topological polar surface area (TPSA) is 61.8 Å². The van der Waals surface area contributed by atoms with Crippen LogP contribution in [0.25, 0.3) is 0 Å². The number of carbonyl (C=O) groups is 1. The summed E-state index contributed by atoms with van der Waals surface area (Å²) >= 11 is 0. The molecule has 0 radical (unpaired) electrons. The molecule has 0 aromatic carbocycles. The molecule has 146 valence electrons. The molecule has 0 saturated carbocycles. The highest BCUT2D eigenvalue weighted by Gasteiger charge is 2.45. The monoisotopic (exact) mass is 420 g/mol. The molecular weight excluding hydrogens is 385 g/mol. The van der Waals surface area contributed by atoms with Gasteiger partial charge in [-0.1, -0.05) is 13.5 Å². The van der Waals surface area contributed by atoms with Gasteiger partial charge in [0.1, 0.15) is 0 Å². The van der Waals surface area contributed by atoms with E-state index in [0.717, 1.165) is 0 Å². The summed E-state index contributed by atoms with van der Waals surface area (Å²) < 4.78 is 30.8. The van der Waals surface area contributed by atoms with E-state index < -0.39 is 33.9 Å². The van der Waals surface area contributed by atoms with Crippen molar-refractivity contribution in [1.82, 2.24) is 0 Å². The Morgan fingerprint density at radius 1 is 1.04 bits per heavy atom. The molecule has 0 aromatic rings. The van der Waals surface area contributed by atoms with Crippen LogP contribution >= 0.6 is 0 Å². The van der Waals surface area contributed by atoms with Gasteiger partial charge in [0, 0.05) is 11.2 Å². The second kappa shape index (κ2) is 10.2. The molecule has 0 aliphatic heterocycles. The molecule has 0 bridgehead atoms. The fraction of sp³-hybridized carbons (Fsp3) is 0.812. The summed E-state index contributed by atoms with van der Waals surface area (Å²) in [5.41, 5.74) is 0.966. The van der Waals surface area contributed by atoms with Crippen LogP contribution < -0.4 is 0 Å². The quantitative estimate of drug-likeness (QED) is 0.199. The Balaban J connectivity index is 5.25. The van der Waals surface area contributed by atoms with Gasteiger partial charge in [-0.2, -0.15) is 0 Å². The SMILES string of the molecule is C=C(C)C(=O)OCCC[Si](C[Si](=O)CC)(O[Si](C)(C)C)O[Si](C)(C)C. The van der Waals surface area contributed by atoms with Crippen LogP contribution in [0.3, 0.4) is 0 Å². The third-order valence-corrected chi connectivity index (χ3v) is 16.6. The molecular formula is C16H36O5Si4. The minimum absolute atomic E-state index is 0.317. The first-order valence-electron chi connectivity index (χ1n) is 8.94. The molecule has 0 saturated heterocycles. The van der Waals surface area contributed by atoms with Gasteiger partial charge in [-0.25, -0.2) is 4.79 Å². The van der Waals surface area contributed by atoms with Crippen LogP contribution in [0, 0.1) is 0 Å². The Hall–Kier alpha value is -0.202. The van der Waals surface area contributed by atoms with Gasteiger partial charge in [0.05, 0.1) is 6.61 Å². The molecule has 0 rings (SSSR count). The molecule has 9 heteroatoms. The molecule has 0 N–H and O–H groups in total. The van der Waals surface area contributed by atoms with Gasteiger partial charge in [0.25, 0.3) is 8.68 Å². The number of hydrogen-bond acceptors (Lipinski definition) is 5. The van der Waals surface area contributed by atoms with Crippen LogP contribution in [0.15, 0.2) is 12.2 Å². The summed E-state index contributed by atoms with van der Waals surface area (Å²) in [6.07, 6.45) is 0.666. The maximum atomic E-state index is 12.4. The Kier molecular flexibility index (Phi) is 10.1. The molecule has 0 aliphatic rings. The third-order valence-electron chi connectivity index (χ3n) is 3.13. The standard InChI is InChI=1S/C16H36O5Si4/c1-10-22(18)14-25(20-23(4,5)6,21-24(7,8)9)13-11-12-19-16(17)15(2)3/h2,10-14H2,1,3-9H3. The number of ether oxygens (including phenoxy) is 1.